The minimum absolute atomic E-state index is 0.240. The smallest absolute Gasteiger partial charge is 0.140 e. The fraction of sp³-hybridized carbons (Fsp3) is 0.107. The summed E-state index contributed by atoms with van der Waals surface area (Å²) >= 11 is 6.07. The third-order valence-electron chi connectivity index (χ3n) is 4.88. The van der Waals surface area contributed by atoms with E-state index in [1.54, 1.807) is 0 Å². The van der Waals surface area contributed by atoms with Gasteiger partial charge in [0.1, 0.15) is 5.84 Å². The highest BCUT2D eigenvalue weighted by molar-refractivity contribution is 7.86. The number of nitrogens with zero attached hydrogens (tertiary/aromatic N) is 2. The molecule has 0 fully saturated rings. The summed E-state index contributed by atoms with van der Waals surface area (Å²) in [5, 5.41) is 0.707. The summed E-state index contributed by atoms with van der Waals surface area (Å²) in [6, 6.07) is 39.2. The van der Waals surface area contributed by atoms with Crippen LogP contribution < -0.4 is 0 Å². The third kappa shape index (κ3) is 7.01. The molecular formula is C28H25ClN2S. The van der Waals surface area contributed by atoms with Gasteiger partial charge in [-0.25, -0.2) is 9.36 Å². The van der Waals surface area contributed by atoms with E-state index in [1.807, 2.05) is 30.3 Å². The summed E-state index contributed by atoms with van der Waals surface area (Å²) in [4.78, 5) is 4.92. The van der Waals surface area contributed by atoms with Gasteiger partial charge in [-0.3, -0.25) is 0 Å². The quantitative estimate of drug-likeness (QED) is 0.200. The molecule has 4 rings (SSSR count). The molecule has 4 aromatic rings. The van der Waals surface area contributed by atoms with Gasteiger partial charge in [0.25, 0.3) is 0 Å². The van der Waals surface area contributed by atoms with Crippen molar-refractivity contribution in [2.24, 2.45) is 9.36 Å². The summed E-state index contributed by atoms with van der Waals surface area (Å²) < 4.78 is 5.22. The molecule has 0 radical (unpaired) electrons. The van der Waals surface area contributed by atoms with Gasteiger partial charge in [-0.1, -0.05) is 113 Å². The molecule has 32 heavy (non-hydrogen) atoms. The lowest BCUT2D eigenvalue weighted by molar-refractivity contribution is 1.27. The molecular weight excluding hydrogens is 432 g/mol. The predicted octanol–water partition coefficient (Wildman–Crippen LogP) is 7.82. The predicted molar refractivity (Wildman–Crippen MR) is 139 cm³/mol. The molecule has 0 spiro atoms. The molecule has 0 bridgehead atoms. The number of benzene rings is 4. The molecule has 0 aliphatic rings. The highest BCUT2D eigenvalue weighted by atomic mass is 35.5. The number of aliphatic imine (C=N–C) groups is 1. The normalized spacial score (nSPS) is 11.5. The van der Waals surface area contributed by atoms with E-state index in [4.69, 9.17) is 21.0 Å². The number of rotatable bonds is 7. The first-order valence-electron chi connectivity index (χ1n) is 10.6. The van der Waals surface area contributed by atoms with Crippen molar-refractivity contribution in [2.75, 3.05) is 0 Å². The van der Waals surface area contributed by atoms with Crippen molar-refractivity contribution in [3.63, 3.8) is 0 Å². The van der Waals surface area contributed by atoms with E-state index >= 15 is 0 Å². The largest absolute Gasteiger partial charge is 0.233 e. The van der Waals surface area contributed by atoms with Gasteiger partial charge >= 0.3 is 0 Å². The molecule has 4 aromatic carbocycles. The van der Waals surface area contributed by atoms with Gasteiger partial charge in [0, 0.05) is 22.9 Å². The second-order valence-corrected chi connectivity index (χ2v) is 9.60. The van der Waals surface area contributed by atoms with Gasteiger partial charge in [0.2, 0.25) is 0 Å². The average Bonchev–Trinajstić information content (AvgIpc) is 2.82. The van der Waals surface area contributed by atoms with Crippen LogP contribution in [0.3, 0.4) is 0 Å². The second kappa shape index (κ2) is 11.6. The lowest BCUT2D eigenvalue weighted by atomic mass is 10.1. The van der Waals surface area contributed by atoms with E-state index in [9.17, 15) is 0 Å². The van der Waals surface area contributed by atoms with E-state index < -0.39 is 0 Å². The Balaban J connectivity index is 1.71. The van der Waals surface area contributed by atoms with Crippen LogP contribution in [0.2, 0.25) is 5.02 Å². The highest BCUT2D eigenvalue weighted by Crippen LogP contribution is 2.19. The standard InChI is InChI=1S/C28H25ClN2S/c29-26-16-18-27(19-17-26)30-28(20-23-10-4-1-5-11-23)31-32(21-24-12-6-2-7-13-24)22-25-14-8-3-9-15-25/h1-19H,20-22H2. The van der Waals surface area contributed by atoms with Gasteiger partial charge in [-0.05, 0) is 41.0 Å². The maximum Gasteiger partial charge on any atom is 0.140 e. The van der Waals surface area contributed by atoms with E-state index in [1.165, 1.54) is 16.7 Å². The van der Waals surface area contributed by atoms with Crippen molar-refractivity contribution in [1.82, 2.24) is 0 Å². The number of hydrogen-bond acceptors (Lipinski definition) is 1. The Bertz CT molecular complexity index is 1130. The van der Waals surface area contributed by atoms with Crippen molar-refractivity contribution in [1.29, 1.82) is 0 Å². The molecule has 0 saturated carbocycles. The zero-order chi connectivity index (χ0) is 22.0. The molecule has 0 aliphatic carbocycles. The zero-order valence-corrected chi connectivity index (χ0v) is 19.3. The fourth-order valence-corrected chi connectivity index (χ4v) is 5.25. The second-order valence-electron chi connectivity index (χ2n) is 7.48. The van der Waals surface area contributed by atoms with Crippen LogP contribution in [0.5, 0.6) is 0 Å². The van der Waals surface area contributed by atoms with Crippen LogP contribution in [-0.2, 0) is 28.6 Å². The first kappa shape index (κ1) is 22.2. The zero-order valence-electron chi connectivity index (χ0n) is 17.8. The molecule has 0 heterocycles. The van der Waals surface area contributed by atoms with Gasteiger partial charge in [-0.2, -0.15) is 0 Å². The van der Waals surface area contributed by atoms with Gasteiger partial charge in [-0.15, -0.1) is 0 Å². The first-order chi connectivity index (χ1) is 15.7. The summed E-state index contributed by atoms with van der Waals surface area (Å²) in [5.74, 6) is 2.63. The van der Waals surface area contributed by atoms with E-state index in [0.29, 0.717) is 11.4 Å². The molecule has 0 amide bonds. The molecule has 0 N–H and O–H groups in total. The van der Waals surface area contributed by atoms with Crippen LogP contribution in [0.25, 0.3) is 0 Å². The molecule has 0 atom stereocenters. The first-order valence-corrected chi connectivity index (χ1v) is 12.5. The Labute approximate surface area is 197 Å². The third-order valence-corrected chi connectivity index (χ3v) is 6.93. The molecule has 4 heteroatoms. The number of halogens is 1. The Hall–Kier alpha value is -3.01. The molecule has 0 aliphatic heterocycles. The van der Waals surface area contributed by atoms with Gasteiger partial charge in [0.05, 0.1) is 5.69 Å². The number of hydrogen-bond donors (Lipinski definition) is 0. The Kier molecular flexibility index (Phi) is 8.02. The SMILES string of the molecule is Clc1ccc(N=C(Cc2ccccc2)N=S(Cc2ccccc2)Cc2ccccc2)cc1. The van der Waals surface area contributed by atoms with Crippen molar-refractivity contribution in [2.45, 2.75) is 17.9 Å². The van der Waals surface area contributed by atoms with E-state index in [2.05, 4.69) is 84.9 Å². The topological polar surface area (TPSA) is 24.7 Å². The van der Waals surface area contributed by atoms with Crippen LogP contribution in [0.15, 0.2) is 125 Å². The van der Waals surface area contributed by atoms with Crippen LogP contribution in [-0.4, -0.2) is 5.84 Å². The maximum absolute atomic E-state index is 6.07. The average molecular weight is 457 g/mol. The molecule has 0 saturated heterocycles. The van der Waals surface area contributed by atoms with Crippen molar-refractivity contribution >= 4 is 33.8 Å². The van der Waals surface area contributed by atoms with Crippen molar-refractivity contribution < 1.29 is 0 Å². The minimum Gasteiger partial charge on any atom is -0.233 e. The minimum atomic E-state index is -0.240. The molecule has 2 nitrogen and oxygen atoms in total. The van der Waals surface area contributed by atoms with Gasteiger partial charge < -0.3 is 0 Å². The lowest BCUT2D eigenvalue weighted by Crippen LogP contribution is -2.06. The summed E-state index contributed by atoms with van der Waals surface area (Å²) in [7, 11) is -0.240. The van der Waals surface area contributed by atoms with Crippen LogP contribution in [0, 0.1) is 0 Å². The van der Waals surface area contributed by atoms with Crippen molar-refractivity contribution in [3.8, 4) is 0 Å². The van der Waals surface area contributed by atoms with Crippen LogP contribution >= 0.6 is 11.6 Å². The summed E-state index contributed by atoms with van der Waals surface area (Å²) in [6.07, 6.45) is 0.691. The Morgan fingerprint density at radius 1 is 0.594 bits per heavy atom. The number of amidine groups is 1. The van der Waals surface area contributed by atoms with Gasteiger partial charge in [0.15, 0.2) is 0 Å². The van der Waals surface area contributed by atoms with Crippen LogP contribution in [0.4, 0.5) is 5.69 Å². The molecule has 160 valence electrons. The lowest BCUT2D eigenvalue weighted by Gasteiger charge is -2.11. The Morgan fingerprint density at radius 2 is 1.06 bits per heavy atom. The highest BCUT2D eigenvalue weighted by Gasteiger charge is 2.07. The summed E-state index contributed by atoms with van der Waals surface area (Å²) in [6.45, 7) is 0. The molecule has 0 aromatic heterocycles. The van der Waals surface area contributed by atoms with E-state index in [-0.39, 0.29) is 10.7 Å². The fourth-order valence-electron chi connectivity index (χ4n) is 3.33. The van der Waals surface area contributed by atoms with E-state index in [0.717, 1.165) is 23.0 Å². The summed E-state index contributed by atoms with van der Waals surface area (Å²) in [5.41, 5.74) is 4.65. The molecule has 0 unspecified atom stereocenters. The monoisotopic (exact) mass is 456 g/mol. The Morgan fingerprint density at radius 3 is 1.56 bits per heavy atom. The van der Waals surface area contributed by atoms with Crippen LogP contribution in [0.1, 0.15) is 16.7 Å². The maximum atomic E-state index is 6.07. The van der Waals surface area contributed by atoms with Crippen molar-refractivity contribution in [3.05, 3.63) is 137 Å².